The van der Waals surface area contributed by atoms with Gasteiger partial charge in [0.25, 0.3) is 0 Å². The lowest BCUT2D eigenvalue weighted by Crippen LogP contribution is -2.15. The minimum absolute atomic E-state index is 0.669. The second-order valence-electron chi connectivity index (χ2n) is 2.99. The first-order chi connectivity index (χ1) is 6.79. The fourth-order valence-corrected chi connectivity index (χ4v) is 2.21. The molecule has 0 saturated carbocycles. The lowest BCUT2D eigenvalue weighted by atomic mass is 9.97. The van der Waals surface area contributed by atoms with Gasteiger partial charge in [-0.05, 0) is 12.1 Å². The first kappa shape index (κ1) is 8.08. The molecular weight excluding hydrogens is 216 g/mol. The molecule has 1 aliphatic rings. The Labute approximate surface area is 90.5 Å². The maximum atomic E-state index is 5.29. The van der Waals surface area contributed by atoms with Gasteiger partial charge in [-0.3, -0.25) is 0 Å². The minimum Gasteiger partial charge on any atom is -0.463 e. The highest BCUT2D eigenvalue weighted by Gasteiger charge is 2.29. The van der Waals surface area contributed by atoms with Gasteiger partial charge in [-0.2, -0.15) is 0 Å². The first-order valence-corrected chi connectivity index (χ1v) is 4.85. The van der Waals surface area contributed by atoms with Crippen molar-refractivity contribution < 1.29 is 8.83 Å². The van der Waals surface area contributed by atoms with Crippen LogP contribution in [0.2, 0.25) is 0 Å². The second-order valence-corrected chi connectivity index (χ2v) is 3.80. The smallest absolute Gasteiger partial charge is 0.154 e. The zero-order valence-corrected chi connectivity index (χ0v) is 8.58. The molecule has 0 N–H and O–H groups in total. The van der Waals surface area contributed by atoms with E-state index in [4.69, 9.17) is 33.3 Å². The van der Waals surface area contributed by atoms with E-state index in [1.54, 1.807) is 12.5 Å². The molecule has 0 spiro atoms. The standard InChI is InChI=1S/C10H4O2S2/c13-9-5-1-3-11-7(5)10(14)6-2-4-12-8(6)9/h1-4H. The van der Waals surface area contributed by atoms with Gasteiger partial charge >= 0.3 is 0 Å². The Morgan fingerprint density at radius 2 is 1.21 bits per heavy atom. The van der Waals surface area contributed by atoms with Gasteiger partial charge < -0.3 is 8.83 Å². The molecule has 0 atom stereocenters. The van der Waals surface area contributed by atoms with Crippen molar-refractivity contribution in [3.8, 4) is 0 Å². The summed E-state index contributed by atoms with van der Waals surface area (Å²) in [7, 11) is 0. The second kappa shape index (κ2) is 2.62. The molecule has 0 unspecified atom stereocenters. The quantitative estimate of drug-likeness (QED) is 0.544. The van der Waals surface area contributed by atoms with Crippen LogP contribution in [0.4, 0.5) is 0 Å². The molecule has 0 amide bonds. The Morgan fingerprint density at radius 1 is 0.786 bits per heavy atom. The fraction of sp³-hybridized carbons (Fsp3) is 0. The van der Waals surface area contributed by atoms with Gasteiger partial charge in [-0.15, -0.1) is 0 Å². The molecule has 0 aromatic carbocycles. The number of furan rings is 2. The van der Waals surface area contributed by atoms with Crippen LogP contribution in [-0.2, 0) is 0 Å². The third-order valence-electron chi connectivity index (χ3n) is 2.23. The zero-order valence-electron chi connectivity index (χ0n) is 6.94. The largest absolute Gasteiger partial charge is 0.463 e. The van der Waals surface area contributed by atoms with Gasteiger partial charge in [0.2, 0.25) is 0 Å². The van der Waals surface area contributed by atoms with E-state index in [0.29, 0.717) is 21.2 Å². The predicted octanol–water partition coefficient (Wildman–Crippen LogP) is 2.72. The third kappa shape index (κ3) is 0.844. The van der Waals surface area contributed by atoms with Crippen LogP contribution in [-0.4, -0.2) is 9.73 Å². The number of thiocarbonyl (C=S) groups is 2. The lowest BCUT2D eigenvalue weighted by molar-refractivity contribution is 0.549. The van der Waals surface area contributed by atoms with Crippen LogP contribution in [0, 0.1) is 0 Å². The Bertz CT molecular complexity index is 457. The Morgan fingerprint density at radius 3 is 1.64 bits per heavy atom. The van der Waals surface area contributed by atoms with Gasteiger partial charge in [0, 0.05) is 11.1 Å². The summed E-state index contributed by atoms with van der Waals surface area (Å²) in [6.45, 7) is 0. The molecule has 0 saturated heterocycles. The summed E-state index contributed by atoms with van der Waals surface area (Å²) in [5, 5.41) is 0. The summed E-state index contributed by atoms with van der Waals surface area (Å²) >= 11 is 10.5. The molecule has 4 heteroatoms. The molecule has 68 valence electrons. The highest BCUT2D eigenvalue weighted by molar-refractivity contribution is 7.82. The van der Waals surface area contributed by atoms with Crippen molar-refractivity contribution in [3.63, 3.8) is 0 Å². The van der Waals surface area contributed by atoms with Crippen molar-refractivity contribution >= 4 is 34.2 Å². The van der Waals surface area contributed by atoms with Crippen molar-refractivity contribution in [2.24, 2.45) is 0 Å². The fourth-order valence-electron chi connectivity index (χ4n) is 1.57. The minimum atomic E-state index is 0.669. The average Bonchev–Trinajstić information content (AvgIpc) is 2.82. The van der Waals surface area contributed by atoms with Crippen molar-refractivity contribution in [3.05, 3.63) is 47.3 Å². The number of fused-ring (bicyclic) bond motifs is 2. The third-order valence-corrected chi connectivity index (χ3v) is 3.04. The van der Waals surface area contributed by atoms with E-state index in [0.717, 1.165) is 11.1 Å². The Balaban J connectivity index is 2.37. The van der Waals surface area contributed by atoms with Crippen molar-refractivity contribution in [1.82, 2.24) is 0 Å². The number of hydrogen-bond acceptors (Lipinski definition) is 4. The molecule has 0 radical (unpaired) electrons. The molecule has 0 fully saturated rings. The van der Waals surface area contributed by atoms with E-state index in [1.165, 1.54) is 0 Å². The van der Waals surface area contributed by atoms with E-state index < -0.39 is 0 Å². The summed E-state index contributed by atoms with van der Waals surface area (Å²) in [5.74, 6) is 1.36. The van der Waals surface area contributed by atoms with E-state index >= 15 is 0 Å². The first-order valence-electron chi connectivity index (χ1n) is 4.03. The Kier molecular flexibility index (Phi) is 1.51. The van der Waals surface area contributed by atoms with E-state index in [-0.39, 0.29) is 0 Å². The Hall–Kier alpha value is -1.26. The molecule has 2 aromatic rings. The van der Waals surface area contributed by atoms with Gasteiger partial charge in [0.15, 0.2) is 11.5 Å². The molecule has 0 aliphatic heterocycles. The summed E-state index contributed by atoms with van der Waals surface area (Å²) in [4.78, 5) is 1.34. The number of hydrogen-bond donors (Lipinski definition) is 0. The topological polar surface area (TPSA) is 26.3 Å². The van der Waals surface area contributed by atoms with Gasteiger partial charge in [-0.1, -0.05) is 24.4 Å². The molecule has 14 heavy (non-hydrogen) atoms. The highest BCUT2D eigenvalue weighted by atomic mass is 32.1. The summed E-state index contributed by atoms with van der Waals surface area (Å²) in [6, 6.07) is 3.63. The molecule has 2 heterocycles. The van der Waals surface area contributed by atoms with Gasteiger partial charge in [-0.25, -0.2) is 0 Å². The maximum absolute atomic E-state index is 5.29. The predicted molar refractivity (Wildman–Crippen MR) is 59.0 cm³/mol. The highest BCUT2D eigenvalue weighted by Crippen LogP contribution is 2.29. The average molecular weight is 220 g/mol. The van der Waals surface area contributed by atoms with Crippen LogP contribution in [0.1, 0.15) is 22.6 Å². The molecule has 1 aliphatic carbocycles. The van der Waals surface area contributed by atoms with Crippen LogP contribution in [0.25, 0.3) is 0 Å². The van der Waals surface area contributed by atoms with E-state index in [1.807, 2.05) is 12.1 Å². The van der Waals surface area contributed by atoms with Crippen LogP contribution in [0.5, 0.6) is 0 Å². The molecule has 2 aromatic heterocycles. The zero-order chi connectivity index (χ0) is 9.71. The van der Waals surface area contributed by atoms with Crippen molar-refractivity contribution in [2.75, 3.05) is 0 Å². The molecular formula is C10H4O2S2. The van der Waals surface area contributed by atoms with Crippen molar-refractivity contribution in [2.45, 2.75) is 0 Å². The van der Waals surface area contributed by atoms with Crippen LogP contribution in [0.3, 0.4) is 0 Å². The van der Waals surface area contributed by atoms with Crippen LogP contribution in [0.15, 0.2) is 33.5 Å². The van der Waals surface area contributed by atoms with E-state index in [9.17, 15) is 0 Å². The normalized spacial score (nSPS) is 14.0. The SMILES string of the molecule is S=C1c2ccoc2C(=S)c2ccoc21. The monoisotopic (exact) mass is 220 g/mol. The summed E-state index contributed by atoms with van der Waals surface area (Å²) in [6.07, 6.45) is 3.18. The van der Waals surface area contributed by atoms with Gasteiger partial charge in [0.05, 0.1) is 22.3 Å². The summed E-state index contributed by atoms with van der Waals surface area (Å²) in [5.41, 5.74) is 1.71. The van der Waals surface area contributed by atoms with Gasteiger partial charge in [0.1, 0.15) is 0 Å². The van der Waals surface area contributed by atoms with Crippen LogP contribution < -0.4 is 0 Å². The number of rotatable bonds is 0. The van der Waals surface area contributed by atoms with Crippen molar-refractivity contribution in [1.29, 1.82) is 0 Å². The summed E-state index contributed by atoms with van der Waals surface area (Å²) < 4.78 is 10.6. The molecule has 2 nitrogen and oxygen atoms in total. The molecule has 3 rings (SSSR count). The lowest BCUT2D eigenvalue weighted by Gasteiger charge is -2.11. The maximum Gasteiger partial charge on any atom is 0.154 e. The molecule has 0 bridgehead atoms. The van der Waals surface area contributed by atoms with E-state index in [2.05, 4.69) is 0 Å². The van der Waals surface area contributed by atoms with Crippen LogP contribution >= 0.6 is 24.4 Å².